The molecule has 2 N–H and O–H groups in total. The van der Waals surface area contributed by atoms with E-state index < -0.39 is 17.9 Å². The molecule has 2 aromatic heterocycles. The van der Waals surface area contributed by atoms with Gasteiger partial charge in [0.15, 0.2) is 5.65 Å². The molecule has 160 valence electrons. The van der Waals surface area contributed by atoms with E-state index in [1.807, 2.05) is 0 Å². The smallest absolute Gasteiger partial charge is 0.267 e. The van der Waals surface area contributed by atoms with Crippen LogP contribution in [0.2, 0.25) is 0 Å². The van der Waals surface area contributed by atoms with Crippen LogP contribution >= 0.6 is 0 Å². The molecule has 30 heavy (non-hydrogen) atoms. The van der Waals surface area contributed by atoms with E-state index >= 15 is 0 Å². The second-order valence-corrected chi connectivity index (χ2v) is 7.63. The summed E-state index contributed by atoms with van der Waals surface area (Å²) in [7, 11) is 0. The lowest BCUT2D eigenvalue weighted by molar-refractivity contribution is -0.127. The van der Waals surface area contributed by atoms with Crippen LogP contribution in [0.1, 0.15) is 42.5 Å². The molecule has 1 aliphatic carbocycles. The number of halogens is 2. The van der Waals surface area contributed by atoms with Gasteiger partial charge in [-0.25, -0.2) is 18.7 Å². The summed E-state index contributed by atoms with van der Waals surface area (Å²) < 4.78 is 33.6. The number of nitrogens with zero attached hydrogens (tertiary/aromatic N) is 3. The maximum Gasteiger partial charge on any atom is 0.267 e. The van der Waals surface area contributed by atoms with E-state index in [0.29, 0.717) is 38.0 Å². The molecular weight excluding hydrogens is 396 g/mol. The minimum atomic E-state index is -2.90. The minimum Gasteiger partial charge on any atom is -0.473 e. The zero-order chi connectivity index (χ0) is 21.3. The summed E-state index contributed by atoms with van der Waals surface area (Å²) in [5.41, 5.74) is 0.791. The minimum absolute atomic E-state index is 0.106. The van der Waals surface area contributed by atoms with Crippen molar-refractivity contribution in [3.8, 4) is 5.88 Å². The summed E-state index contributed by atoms with van der Waals surface area (Å²) in [5, 5.41) is 2.42. The molecular formula is C20H23F2N5O3. The van der Waals surface area contributed by atoms with Gasteiger partial charge in [-0.15, -0.1) is 0 Å². The molecule has 0 radical (unpaired) electrons. The van der Waals surface area contributed by atoms with Gasteiger partial charge in [0.25, 0.3) is 11.8 Å². The molecule has 4 rings (SSSR count). The van der Waals surface area contributed by atoms with Crippen molar-refractivity contribution in [2.45, 2.75) is 50.2 Å². The van der Waals surface area contributed by atoms with Crippen molar-refractivity contribution in [2.75, 3.05) is 13.1 Å². The van der Waals surface area contributed by atoms with Crippen molar-refractivity contribution in [1.29, 1.82) is 0 Å². The van der Waals surface area contributed by atoms with Crippen molar-refractivity contribution in [1.82, 2.24) is 25.2 Å². The van der Waals surface area contributed by atoms with Gasteiger partial charge < -0.3 is 19.9 Å². The molecule has 1 saturated heterocycles. The first-order valence-corrected chi connectivity index (χ1v) is 9.98. The molecule has 2 amide bonds. The molecule has 1 saturated carbocycles. The van der Waals surface area contributed by atoms with Crippen molar-refractivity contribution < 1.29 is 23.1 Å². The van der Waals surface area contributed by atoms with E-state index in [2.05, 4.69) is 26.8 Å². The third-order valence-corrected chi connectivity index (χ3v) is 5.64. The van der Waals surface area contributed by atoms with E-state index in [1.165, 1.54) is 18.5 Å². The maximum absolute atomic E-state index is 13.8. The van der Waals surface area contributed by atoms with E-state index in [4.69, 9.17) is 4.74 Å². The van der Waals surface area contributed by atoms with E-state index in [9.17, 15) is 18.4 Å². The summed E-state index contributed by atoms with van der Waals surface area (Å²) in [6.45, 7) is 4.60. The second kappa shape index (κ2) is 8.00. The van der Waals surface area contributed by atoms with Crippen LogP contribution in [0.3, 0.4) is 0 Å². The first-order valence-electron chi connectivity index (χ1n) is 9.98. The first-order chi connectivity index (χ1) is 14.4. The zero-order valence-corrected chi connectivity index (χ0v) is 16.4. The van der Waals surface area contributed by atoms with E-state index in [-0.39, 0.29) is 41.8 Å². The number of ether oxygens (including phenoxy) is 1. The fourth-order valence-corrected chi connectivity index (χ4v) is 3.94. The van der Waals surface area contributed by atoms with Crippen molar-refractivity contribution in [3.63, 3.8) is 0 Å². The van der Waals surface area contributed by atoms with Gasteiger partial charge in [0.05, 0.1) is 17.8 Å². The Kier molecular flexibility index (Phi) is 5.40. The number of aromatic nitrogens is 3. The van der Waals surface area contributed by atoms with Gasteiger partial charge in [0.2, 0.25) is 11.8 Å². The second-order valence-electron chi connectivity index (χ2n) is 7.63. The molecule has 1 unspecified atom stereocenters. The van der Waals surface area contributed by atoms with Gasteiger partial charge in [0, 0.05) is 38.5 Å². The Labute approximate surface area is 171 Å². The van der Waals surface area contributed by atoms with Gasteiger partial charge in [-0.05, 0) is 18.9 Å². The molecule has 0 bridgehead atoms. The lowest BCUT2D eigenvalue weighted by Gasteiger charge is -2.31. The Morgan fingerprint density at radius 1 is 1.33 bits per heavy atom. The lowest BCUT2D eigenvalue weighted by Crippen LogP contribution is -2.43. The number of hydrogen-bond donors (Lipinski definition) is 2. The number of H-pyrrole nitrogens is 1. The monoisotopic (exact) mass is 419 g/mol. The fourth-order valence-electron chi connectivity index (χ4n) is 3.94. The summed E-state index contributed by atoms with van der Waals surface area (Å²) in [4.78, 5) is 37.4. The number of likely N-dealkylation sites (tertiary alicyclic amines) is 1. The lowest BCUT2D eigenvalue weighted by atomic mass is 10.1. The van der Waals surface area contributed by atoms with Crippen molar-refractivity contribution >= 4 is 23.0 Å². The fraction of sp³-hybridized carbons (Fsp3) is 0.500. The number of carbonyl (C=O) groups is 2. The Hall–Kier alpha value is -3.04. The van der Waals surface area contributed by atoms with Gasteiger partial charge in [-0.1, -0.05) is 6.58 Å². The zero-order valence-electron chi connectivity index (χ0n) is 16.4. The molecule has 0 spiro atoms. The molecule has 1 atom stereocenters. The number of hydrogen-bond acceptors (Lipinski definition) is 5. The van der Waals surface area contributed by atoms with E-state index in [0.717, 1.165) is 0 Å². The Balaban J connectivity index is 1.45. The third-order valence-electron chi connectivity index (χ3n) is 5.64. The number of alkyl halides is 2. The van der Waals surface area contributed by atoms with Crippen LogP contribution in [0.15, 0.2) is 25.0 Å². The first kappa shape index (κ1) is 20.2. The van der Waals surface area contributed by atoms with E-state index in [1.54, 1.807) is 4.90 Å². The van der Waals surface area contributed by atoms with Crippen molar-refractivity contribution in [2.24, 2.45) is 0 Å². The SMILES string of the molecule is C=CC(=O)N1CCC(Oc2cnc3[nH]cc(C(=O)NC4CCCC4(F)F)c3n2)CC1. The average molecular weight is 419 g/mol. The van der Waals surface area contributed by atoms with Gasteiger partial charge in [-0.2, -0.15) is 0 Å². The third kappa shape index (κ3) is 3.99. The largest absolute Gasteiger partial charge is 0.473 e. The molecule has 2 aromatic rings. The van der Waals surface area contributed by atoms with Crippen LogP contribution in [0, 0.1) is 0 Å². The summed E-state index contributed by atoms with van der Waals surface area (Å²) in [6.07, 6.45) is 5.69. The number of fused-ring (bicyclic) bond motifs is 1. The van der Waals surface area contributed by atoms with Crippen LogP contribution in [0.25, 0.3) is 11.2 Å². The van der Waals surface area contributed by atoms with Crippen LogP contribution in [0.5, 0.6) is 5.88 Å². The molecule has 10 heteroatoms. The molecule has 2 aliphatic rings. The standard InChI is InChI=1S/C20H23F2N5O3/c1-2-16(28)27-8-5-12(6-9-27)30-15-11-24-18-17(26-15)13(10-23-18)19(29)25-14-4-3-7-20(14,21)22/h2,10-12,14H,1,3-9H2,(H,23,24)(H,25,29). The van der Waals surface area contributed by atoms with Crippen molar-refractivity contribution in [3.05, 3.63) is 30.6 Å². The number of amides is 2. The highest BCUT2D eigenvalue weighted by atomic mass is 19.3. The van der Waals surface area contributed by atoms with Crippen LogP contribution in [-0.4, -0.2) is 62.8 Å². The van der Waals surface area contributed by atoms with Gasteiger partial charge in [-0.3, -0.25) is 9.59 Å². The highest BCUT2D eigenvalue weighted by Crippen LogP contribution is 2.35. The maximum atomic E-state index is 13.8. The molecule has 8 nitrogen and oxygen atoms in total. The molecule has 1 aliphatic heterocycles. The number of aromatic amines is 1. The quantitative estimate of drug-likeness (QED) is 0.725. The summed E-state index contributed by atoms with van der Waals surface area (Å²) >= 11 is 0. The Morgan fingerprint density at radius 3 is 2.77 bits per heavy atom. The number of rotatable bonds is 5. The Bertz CT molecular complexity index is 969. The number of piperidine rings is 1. The summed E-state index contributed by atoms with van der Waals surface area (Å²) in [6, 6.07) is -1.18. The van der Waals surface area contributed by atoms with Gasteiger partial charge >= 0.3 is 0 Å². The number of nitrogens with one attached hydrogen (secondary N) is 2. The molecule has 2 fully saturated rings. The van der Waals surface area contributed by atoms with Crippen LogP contribution < -0.4 is 10.1 Å². The molecule has 3 heterocycles. The van der Waals surface area contributed by atoms with Crippen LogP contribution in [-0.2, 0) is 4.79 Å². The average Bonchev–Trinajstić information content (AvgIpc) is 3.30. The van der Waals surface area contributed by atoms with Crippen LogP contribution in [0.4, 0.5) is 8.78 Å². The normalized spacial score (nSPS) is 21.5. The predicted molar refractivity (Wildman–Crippen MR) is 104 cm³/mol. The Morgan fingerprint density at radius 2 is 2.10 bits per heavy atom. The predicted octanol–water partition coefficient (Wildman–Crippen LogP) is 2.43. The summed E-state index contributed by atoms with van der Waals surface area (Å²) in [5.74, 6) is -3.37. The highest BCUT2D eigenvalue weighted by Gasteiger charge is 2.44. The van der Waals surface area contributed by atoms with Gasteiger partial charge in [0.1, 0.15) is 11.6 Å². The number of carbonyl (C=O) groups excluding carboxylic acids is 2. The topological polar surface area (TPSA) is 100 Å². The highest BCUT2D eigenvalue weighted by molar-refractivity contribution is 6.04. The molecule has 0 aromatic carbocycles.